The highest BCUT2D eigenvalue weighted by atomic mass is 35.5. The first kappa shape index (κ1) is 14.1. The SMILES string of the molecule is CCC(OC)c1noc(-c2c(Cl)ccc(Cl)c2N)n1. The summed E-state index contributed by atoms with van der Waals surface area (Å²) >= 11 is 12.1. The van der Waals surface area contributed by atoms with Crippen LogP contribution >= 0.6 is 23.2 Å². The Bertz CT molecular complexity index is 582. The Balaban J connectivity index is 2.46. The van der Waals surface area contributed by atoms with Gasteiger partial charge in [-0.3, -0.25) is 0 Å². The summed E-state index contributed by atoms with van der Waals surface area (Å²) in [6.45, 7) is 1.96. The molecule has 0 saturated heterocycles. The predicted octanol–water partition coefficient (Wildman–Crippen LogP) is 3.72. The zero-order chi connectivity index (χ0) is 14.0. The van der Waals surface area contributed by atoms with E-state index in [1.807, 2.05) is 6.92 Å². The molecule has 0 radical (unpaired) electrons. The number of aromatic nitrogens is 2. The molecule has 0 bridgehead atoms. The maximum atomic E-state index is 6.09. The Labute approximate surface area is 120 Å². The molecule has 0 amide bonds. The van der Waals surface area contributed by atoms with Crippen LogP contribution in [0.25, 0.3) is 11.5 Å². The molecule has 1 aromatic carbocycles. The van der Waals surface area contributed by atoms with Crippen molar-refractivity contribution in [3.63, 3.8) is 0 Å². The molecule has 0 aliphatic carbocycles. The van der Waals surface area contributed by atoms with Crippen molar-refractivity contribution in [2.75, 3.05) is 12.8 Å². The van der Waals surface area contributed by atoms with Crippen LogP contribution in [0.1, 0.15) is 25.3 Å². The van der Waals surface area contributed by atoms with Gasteiger partial charge in [0.05, 0.1) is 21.3 Å². The maximum absolute atomic E-state index is 6.09. The minimum atomic E-state index is -0.225. The molecule has 1 heterocycles. The Morgan fingerprint density at radius 3 is 2.68 bits per heavy atom. The van der Waals surface area contributed by atoms with Gasteiger partial charge in [0.15, 0.2) is 0 Å². The van der Waals surface area contributed by atoms with Gasteiger partial charge in [0.25, 0.3) is 5.89 Å². The molecule has 0 aliphatic heterocycles. The molecule has 0 saturated carbocycles. The summed E-state index contributed by atoms with van der Waals surface area (Å²) in [5.41, 5.74) is 6.65. The normalized spacial score (nSPS) is 12.6. The van der Waals surface area contributed by atoms with Crippen molar-refractivity contribution in [3.05, 3.63) is 28.0 Å². The van der Waals surface area contributed by atoms with Gasteiger partial charge in [-0.15, -0.1) is 0 Å². The van der Waals surface area contributed by atoms with Crippen molar-refractivity contribution < 1.29 is 9.26 Å². The molecule has 2 rings (SSSR count). The summed E-state index contributed by atoms with van der Waals surface area (Å²) in [5, 5.41) is 4.67. The van der Waals surface area contributed by atoms with E-state index in [0.717, 1.165) is 6.42 Å². The van der Waals surface area contributed by atoms with Crippen LogP contribution in [0.4, 0.5) is 5.69 Å². The smallest absolute Gasteiger partial charge is 0.261 e. The predicted molar refractivity (Wildman–Crippen MR) is 74.2 cm³/mol. The lowest BCUT2D eigenvalue weighted by atomic mass is 10.2. The Hall–Kier alpha value is -1.30. The first-order chi connectivity index (χ1) is 9.08. The third kappa shape index (κ3) is 2.68. The Morgan fingerprint density at radius 1 is 1.37 bits per heavy atom. The quantitative estimate of drug-likeness (QED) is 0.871. The van der Waals surface area contributed by atoms with E-state index < -0.39 is 0 Å². The lowest BCUT2D eigenvalue weighted by Gasteiger charge is -2.07. The molecular formula is C12H13Cl2N3O2. The number of rotatable bonds is 4. The second-order valence-electron chi connectivity index (χ2n) is 3.91. The summed E-state index contributed by atoms with van der Waals surface area (Å²) in [4.78, 5) is 4.26. The van der Waals surface area contributed by atoms with Crippen molar-refractivity contribution >= 4 is 28.9 Å². The van der Waals surface area contributed by atoms with Crippen LogP contribution in [0, 0.1) is 0 Å². The van der Waals surface area contributed by atoms with Gasteiger partial charge in [0.1, 0.15) is 6.10 Å². The average Bonchev–Trinajstić information content (AvgIpc) is 2.85. The number of hydrogen-bond donors (Lipinski definition) is 1. The molecule has 7 heteroatoms. The van der Waals surface area contributed by atoms with Crippen LogP contribution in [-0.2, 0) is 4.74 Å². The van der Waals surface area contributed by atoms with Gasteiger partial charge in [-0.1, -0.05) is 35.3 Å². The van der Waals surface area contributed by atoms with Crippen LogP contribution in [0.15, 0.2) is 16.7 Å². The molecule has 0 spiro atoms. The molecular weight excluding hydrogens is 289 g/mol. The molecule has 0 aliphatic rings. The molecule has 19 heavy (non-hydrogen) atoms. The third-order valence-corrected chi connectivity index (χ3v) is 3.38. The van der Waals surface area contributed by atoms with Crippen molar-refractivity contribution in [3.8, 4) is 11.5 Å². The minimum Gasteiger partial charge on any atom is -0.397 e. The van der Waals surface area contributed by atoms with Crippen molar-refractivity contribution in [1.29, 1.82) is 0 Å². The highest BCUT2D eigenvalue weighted by molar-refractivity contribution is 6.37. The van der Waals surface area contributed by atoms with E-state index in [4.69, 9.17) is 38.2 Å². The lowest BCUT2D eigenvalue weighted by Crippen LogP contribution is -2.01. The molecule has 2 aromatic rings. The molecule has 5 nitrogen and oxygen atoms in total. The topological polar surface area (TPSA) is 74.2 Å². The standard InChI is InChI=1S/C12H13Cl2N3O2/c1-3-8(18-2)11-16-12(19-17-11)9-6(13)4-5-7(14)10(9)15/h4-5,8H,3,15H2,1-2H3. The van der Waals surface area contributed by atoms with Crippen LogP contribution in [0.5, 0.6) is 0 Å². The number of methoxy groups -OCH3 is 1. The van der Waals surface area contributed by atoms with Crippen LogP contribution in [0.3, 0.4) is 0 Å². The fraction of sp³-hybridized carbons (Fsp3) is 0.333. The van der Waals surface area contributed by atoms with E-state index >= 15 is 0 Å². The third-order valence-electron chi connectivity index (χ3n) is 2.74. The highest BCUT2D eigenvalue weighted by Crippen LogP contribution is 2.37. The second kappa shape index (κ2) is 5.77. The number of anilines is 1. The van der Waals surface area contributed by atoms with Gasteiger partial charge in [0, 0.05) is 7.11 Å². The molecule has 0 fully saturated rings. The number of nitrogens with two attached hydrogens (primary N) is 1. The molecule has 1 aromatic heterocycles. The van der Waals surface area contributed by atoms with Gasteiger partial charge in [-0.2, -0.15) is 4.98 Å². The largest absolute Gasteiger partial charge is 0.397 e. The van der Waals surface area contributed by atoms with E-state index in [9.17, 15) is 0 Å². The Morgan fingerprint density at radius 2 is 2.05 bits per heavy atom. The maximum Gasteiger partial charge on any atom is 0.261 e. The Kier molecular flexibility index (Phi) is 4.29. The summed E-state index contributed by atoms with van der Waals surface area (Å²) in [5.74, 6) is 0.686. The zero-order valence-electron chi connectivity index (χ0n) is 10.5. The first-order valence-corrected chi connectivity index (χ1v) is 6.44. The molecule has 1 atom stereocenters. The van der Waals surface area contributed by atoms with E-state index in [0.29, 0.717) is 27.1 Å². The van der Waals surface area contributed by atoms with Gasteiger partial charge in [-0.05, 0) is 18.6 Å². The van der Waals surface area contributed by atoms with Crippen LogP contribution < -0.4 is 5.73 Å². The molecule has 102 valence electrons. The summed E-state index contributed by atoms with van der Waals surface area (Å²) < 4.78 is 10.4. The van der Waals surface area contributed by atoms with E-state index in [1.54, 1.807) is 19.2 Å². The van der Waals surface area contributed by atoms with Crippen molar-refractivity contribution in [2.45, 2.75) is 19.4 Å². The van der Waals surface area contributed by atoms with Crippen LogP contribution in [-0.4, -0.2) is 17.3 Å². The van der Waals surface area contributed by atoms with E-state index in [-0.39, 0.29) is 12.0 Å². The monoisotopic (exact) mass is 301 g/mol. The number of halogens is 2. The van der Waals surface area contributed by atoms with E-state index in [1.165, 1.54) is 0 Å². The molecule has 1 unspecified atom stereocenters. The lowest BCUT2D eigenvalue weighted by molar-refractivity contribution is 0.0903. The van der Waals surface area contributed by atoms with Crippen LogP contribution in [0.2, 0.25) is 10.0 Å². The minimum absolute atomic E-state index is 0.225. The zero-order valence-corrected chi connectivity index (χ0v) is 12.0. The van der Waals surface area contributed by atoms with Crippen molar-refractivity contribution in [1.82, 2.24) is 10.1 Å². The number of benzene rings is 1. The fourth-order valence-corrected chi connectivity index (χ4v) is 2.11. The number of nitrogen functional groups attached to an aromatic ring is 1. The average molecular weight is 302 g/mol. The number of nitrogens with zero attached hydrogens (tertiary/aromatic N) is 2. The van der Waals surface area contributed by atoms with Crippen molar-refractivity contribution in [2.24, 2.45) is 0 Å². The van der Waals surface area contributed by atoms with E-state index in [2.05, 4.69) is 10.1 Å². The van der Waals surface area contributed by atoms with Gasteiger partial charge in [0.2, 0.25) is 5.82 Å². The first-order valence-electron chi connectivity index (χ1n) is 5.68. The molecule has 2 N–H and O–H groups in total. The summed E-state index contributed by atoms with van der Waals surface area (Å²) in [7, 11) is 1.59. The highest BCUT2D eigenvalue weighted by Gasteiger charge is 2.21. The number of hydrogen-bond acceptors (Lipinski definition) is 5. The number of ether oxygens (including phenoxy) is 1. The fourth-order valence-electron chi connectivity index (χ4n) is 1.71. The van der Waals surface area contributed by atoms with Gasteiger partial charge >= 0.3 is 0 Å². The van der Waals surface area contributed by atoms with Gasteiger partial charge < -0.3 is 15.0 Å². The second-order valence-corrected chi connectivity index (χ2v) is 4.72. The summed E-state index contributed by atoms with van der Waals surface area (Å²) in [6, 6.07) is 3.25. The summed E-state index contributed by atoms with van der Waals surface area (Å²) in [6.07, 6.45) is 0.505. The van der Waals surface area contributed by atoms with Gasteiger partial charge in [-0.25, -0.2) is 0 Å².